The van der Waals surface area contributed by atoms with E-state index in [0.29, 0.717) is 174 Å². The van der Waals surface area contributed by atoms with Crippen molar-refractivity contribution in [3.63, 3.8) is 0 Å². The van der Waals surface area contributed by atoms with Gasteiger partial charge in [-0.05, 0) is 71.9 Å². The third-order valence-corrected chi connectivity index (χ3v) is 14.0. The van der Waals surface area contributed by atoms with E-state index in [-0.39, 0.29) is 29.6 Å². The predicted molar refractivity (Wildman–Crippen MR) is 299 cm³/mol. The Kier molecular flexibility index (Phi) is 28.4. The van der Waals surface area contributed by atoms with E-state index in [9.17, 15) is 27.4 Å². The van der Waals surface area contributed by atoms with Crippen LogP contribution in [0, 0.1) is 0 Å². The molecule has 1 aromatic carbocycles. The molecule has 3 heterocycles. The second kappa shape index (κ2) is 34.5. The number of rotatable bonds is 40. The van der Waals surface area contributed by atoms with Crippen LogP contribution in [0.5, 0.6) is 0 Å². The van der Waals surface area contributed by atoms with Crippen LogP contribution in [0.25, 0.3) is 17.4 Å². The van der Waals surface area contributed by atoms with E-state index < -0.39 is 33.3 Å². The number of unbranched alkanes of at least 4 members (excludes halogenated alkanes) is 2. The first-order valence-electron chi connectivity index (χ1n) is 27.6. The maximum Gasteiger partial charge on any atom is 0.333 e. The maximum atomic E-state index is 12.5. The molecular weight excluding hydrogens is 1060 g/mol. The van der Waals surface area contributed by atoms with Crippen molar-refractivity contribution in [1.82, 2.24) is 9.64 Å². The molecule has 21 nitrogen and oxygen atoms in total. The number of carbonyl (C=O) groups excluding carboxylic acids is 3. The van der Waals surface area contributed by atoms with Gasteiger partial charge < -0.3 is 61.5 Å². The normalized spacial score (nSPS) is 15.1. The van der Waals surface area contributed by atoms with Crippen molar-refractivity contribution in [2.45, 2.75) is 88.9 Å². The minimum absolute atomic E-state index is 0.0225. The zero-order chi connectivity index (χ0) is 57.8. The number of ether oxygens (including phenoxy) is 10. The van der Waals surface area contributed by atoms with Gasteiger partial charge >= 0.3 is 5.97 Å². The summed E-state index contributed by atoms with van der Waals surface area (Å²) in [4.78, 5) is 43.3. The average Bonchev–Trinajstić information content (AvgIpc) is 4.06. The highest BCUT2D eigenvalue weighted by Gasteiger charge is 2.40. The molecule has 0 saturated carbocycles. The number of allylic oxidation sites excluding steroid dienone is 3. The van der Waals surface area contributed by atoms with E-state index in [4.69, 9.17) is 56.6 Å². The highest BCUT2D eigenvalue weighted by Crippen LogP contribution is 2.48. The number of hydrogen-bond acceptors (Lipinski definition) is 18. The van der Waals surface area contributed by atoms with Gasteiger partial charge in [-0.1, -0.05) is 47.1 Å². The lowest BCUT2D eigenvalue weighted by atomic mass is 9.82. The number of fused-ring (bicyclic) bond motifs is 2. The molecule has 1 aliphatic carbocycles. The molecule has 22 heteroatoms. The summed E-state index contributed by atoms with van der Waals surface area (Å²) in [5, 5.41) is 1.48. The number of benzene rings is 2. The summed E-state index contributed by atoms with van der Waals surface area (Å²) in [5.41, 5.74) is 3.53. The van der Waals surface area contributed by atoms with Crippen molar-refractivity contribution in [2.75, 3.05) is 158 Å². The van der Waals surface area contributed by atoms with Crippen LogP contribution in [-0.4, -0.2) is 189 Å². The highest BCUT2D eigenvalue weighted by molar-refractivity contribution is 7.85. The zero-order valence-electron chi connectivity index (χ0n) is 48.0. The number of amides is 2. The molecule has 80 heavy (non-hydrogen) atoms. The van der Waals surface area contributed by atoms with E-state index in [0.717, 1.165) is 33.4 Å². The number of methoxy groups -OCH3 is 2. The maximum absolute atomic E-state index is 12.5. The smallest absolute Gasteiger partial charge is 0.333 e. The molecule has 446 valence electrons. The fourth-order valence-corrected chi connectivity index (χ4v) is 9.44. The fraction of sp³-hybridized carbons (Fsp3) is 0.621. The molecule has 1 saturated heterocycles. The summed E-state index contributed by atoms with van der Waals surface area (Å²) in [6.45, 7) is 20.7. The summed E-state index contributed by atoms with van der Waals surface area (Å²) in [5.74, 6) is -0.388. The van der Waals surface area contributed by atoms with Gasteiger partial charge in [0.25, 0.3) is 21.9 Å². The van der Waals surface area contributed by atoms with Gasteiger partial charge in [-0.15, -0.1) is 5.06 Å². The van der Waals surface area contributed by atoms with Crippen molar-refractivity contribution in [2.24, 2.45) is 0 Å². The quantitative estimate of drug-likeness (QED) is 0.0298. The fourth-order valence-electron chi connectivity index (χ4n) is 8.93. The minimum Gasteiger partial charge on any atom is -0.456 e. The monoisotopic (exact) mass is 1140 g/mol. The minimum atomic E-state index is -4.48. The summed E-state index contributed by atoms with van der Waals surface area (Å²) in [7, 11) is -1.21. The molecule has 2 amide bonds. The first kappa shape index (κ1) is 65.9. The van der Waals surface area contributed by atoms with Gasteiger partial charge in [0, 0.05) is 68.5 Å². The highest BCUT2D eigenvalue weighted by atomic mass is 32.2. The molecule has 0 spiro atoms. The van der Waals surface area contributed by atoms with Gasteiger partial charge in [-0.3, -0.25) is 14.1 Å². The lowest BCUT2D eigenvalue weighted by Gasteiger charge is -2.27. The van der Waals surface area contributed by atoms with Crippen molar-refractivity contribution in [3.8, 4) is 11.3 Å². The molecule has 1 N–H and O–H groups in total. The Labute approximate surface area is 472 Å². The van der Waals surface area contributed by atoms with E-state index in [2.05, 4.69) is 48.4 Å². The number of carbonyl (C=O) groups is 3. The van der Waals surface area contributed by atoms with Crippen molar-refractivity contribution in [3.05, 3.63) is 82.6 Å². The Bertz CT molecular complexity index is 2560. The molecular formula is C58H86N3O18S+. The van der Waals surface area contributed by atoms with E-state index in [1.807, 2.05) is 38.1 Å². The Morgan fingerprint density at radius 2 is 1.20 bits per heavy atom. The van der Waals surface area contributed by atoms with E-state index >= 15 is 0 Å². The molecule has 0 aromatic heterocycles. The lowest BCUT2D eigenvalue weighted by molar-refractivity contribution is -0.197. The average molecular weight is 1150 g/mol. The number of hydroxylamine groups is 2. The van der Waals surface area contributed by atoms with Crippen LogP contribution < -0.4 is 14.8 Å². The largest absolute Gasteiger partial charge is 0.456 e. The van der Waals surface area contributed by atoms with Gasteiger partial charge in [0.2, 0.25) is 5.36 Å². The van der Waals surface area contributed by atoms with Crippen molar-refractivity contribution >= 4 is 39.7 Å². The molecule has 1 aromatic rings. The Morgan fingerprint density at radius 1 is 0.688 bits per heavy atom. The number of imide groups is 1. The topological polar surface area (TPSA) is 230 Å². The Hall–Kier alpha value is -4.95. The van der Waals surface area contributed by atoms with Crippen LogP contribution in [0.15, 0.2) is 69.6 Å². The molecule has 5 rings (SSSR count). The van der Waals surface area contributed by atoms with Crippen LogP contribution in [0.1, 0.15) is 90.0 Å². The van der Waals surface area contributed by atoms with Gasteiger partial charge in [0.1, 0.15) is 24.7 Å². The summed E-state index contributed by atoms with van der Waals surface area (Å²) in [6, 6.07) is 12.9. The standard InChI is InChI=1S/C58H85N3O18S/c1-57(2,3)49-43-46(12-11-13-53-58(4,5)50-44-47(80(65,66)67)16-18-51(50)60(53)21-10-8-9-14-56(64)79-61-54(62)19-20-55(61)63)78-52-42-45(15-17-48(49)52)59(22-24-70-30-32-74-38-40-76-36-34-72-28-26-68-6)23-25-71-31-33-75-39-41-77-37-35-73-29-27-69-7/h11-13,15-18,42-44H,8-10,14,19-41H2,1-7H3/p+1. The van der Waals surface area contributed by atoms with Gasteiger partial charge in [0.05, 0.1) is 117 Å². The first-order valence-corrected chi connectivity index (χ1v) is 29.0. The van der Waals surface area contributed by atoms with E-state index in [1.54, 1.807) is 20.3 Å². The molecule has 0 atom stereocenters. The second-order valence-corrected chi connectivity index (χ2v) is 22.0. The van der Waals surface area contributed by atoms with Gasteiger partial charge in [-0.25, -0.2) is 9.37 Å². The first-order chi connectivity index (χ1) is 38.4. The molecule has 0 radical (unpaired) electrons. The number of nitrogens with zero attached hydrogens (tertiary/aromatic N) is 3. The third-order valence-electron chi connectivity index (χ3n) is 13.2. The summed E-state index contributed by atoms with van der Waals surface area (Å²) < 4.78 is 99.0. The second-order valence-electron chi connectivity index (χ2n) is 20.6. The van der Waals surface area contributed by atoms with Crippen molar-refractivity contribution < 1.29 is 84.0 Å². The van der Waals surface area contributed by atoms with Gasteiger partial charge in [0.15, 0.2) is 13.1 Å². The SMILES string of the molecule is COCCOCCOCCOCCOCC[N+](CCOCCOCCOCCOCCOC)=c1ccc2c(C(C)(C)C)cc(/C=C/C=C3/N(CCCCCC(=O)ON4C(=O)CCC4=O)c4ccc(S(=O)(=O)O)cc4C3(C)C)oc-2c1. The number of anilines is 1. The predicted octanol–water partition coefficient (Wildman–Crippen LogP) is 5.99. The molecule has 1 fully saturated rings. The van der Waals surface area contributed by atoms with Crippen LogP contribution in [0.3, 0.4) is 0 Å². The number of hydrogen-bond donors (Lipinski definition) is 1. The molecule has 0 bridgehead atoms. The van der Waals surface area contributed by atoms with Crippen LogP contribution in [0.4, 0.5) is 5.69 Å². The molecule has 0 unspecified atom stereocenters. The summed E-state index contributed by atoms with van der Waals surface area (Å²) in [6.07, 6.45) is 7.63. The van der Waals surface area contributed by atoms with Crippen LogP contribution >= 0.6 is 0 Å². The van der Waals surface area contributed by atoms with Gasteiger partial charge in [-0.2, -0.15) is 8.42 Å². The summed E-state index contributed by atoms with van der Waals surface area (Å²) >= 11 is 0. The third kappa shape index (κ3) is 21.7. The van der Waals surface area contributed by atoms with Crippen LogP contribution in [-0.2, 0) is 87.5 Å². The van der Waals surface area contributed by atoms with Crippen LogP contribution in [0.2, 0.25) is 0 Å². The van der Waals surface area contributed by atoms with Crippen molar-refractivity contribution in [1.29, 1.82) is 0 Å². The molecule has 4 aliphatic rings. The Balaban J connectivity index is 1.30. The van der Waals surface area contributed by atoms with E-state index in [1.165, 1.54) is 12.1 Å². The Morgan fingerprint density at radius 3 is 1.70 bits per heavy atom. The molecule has 3 aliphatic heterocycles. The lowest BCUT2D eigenvalue weighted by Crippen LogP contribution is -2.36. The zero-order valence-corrected chi connectivity index (χ0v) is 48.8.